The summed E-state index contributed by atoms with van der Waals surface area (Å²) in [4.78, 5) is 25.0. The summed E-state index contributed by atoms with van der Waals surface area (Å²) < 4.78 is 14.9. The number of thioether (sulfide) groups is 1. The number of amides is 2. The normalized spacial score (nSPS) is 10.6. The van der Waals surface area contributed by atoms with E-state index in [2.05, 4.69) is 10.2 Å². The number of benzene rings is 1. The number of anilines is 1. The Morgan fingerprint density at radius 3 is 2.67 bits per heavy atom. The van der Waals surface area contributed by atoms with E-state index in [1.165, 1.54) is 40.9 Å². The van der Waals surface area contributed by atoms with Crippen molar-refractivity contribution >= 4 is 29.3 Å². The van der Waals surface area contributed by atoms with Gasteiger partial charge >= 0.3 is 0 Å². The van der Waals surface area contributed by atoms with Crippen LogP contribution in [0.25, 0.3) is 0 Å². The van der Waals surface area contributed by atoms with E-state index in [0.717, 1.165) is 0 Å². The van der Waals surface area contributed by atoms with Gasteiger partial charge in [-0.15, -0.1) is 10.2 Å². The van der Waals surface area contributed by atoms with Crippen LogP contribution in [0.1, 0.15) is 13.3 Å². The summed E-state index contributed by atoms with van der Waals surface area (Å²) in [5.74, 6) is -1.01. The highest BCUT2D eigenvalue weighted by Gasteiger charge is 2.18. The number of hydrogen-bond donors (Lipinski definition) is 1. The van der Waals surface area contributed by atoms with E-state index < -0.39 is 11.7 Å². The first kappa shape index (κ1) is 17.9. The molecule has 0 saturated carbocycles. The van der Waals surface area contributed by atoms with Crippen LogP contribution in [0.5, 0.6) is 0 Å². The van der Waals surface area contributed by atoms with Crippen LogP contribution in [0.2, 0.25) is 0 Å². The minimum absolute atomic E-state index is 0.0267. The molecule has 2 N–H and O–H groups in total. The first-order chi connectivity index (χ1) is 11.5. The van der Waals surface area contributed by atoms with Gasteiger partial charge in [0.2, 0.25) is 11.8 Å². The van der Waals surface area contributed by atoms with Gasteiger partial charge in [-0.2, -0.15) is 0 Å². The summed E-state index contributed by atoms with van der Waals surface area (Å²) >= 11 is 1.25. The highest BCUT2D eigenvalue weighted by molar-refractivity contribution is 7.99. The van der Waals surface area contributed by atoms with Crippen molar-refractivity contribution in [1.29, 1.82) is 0 Å². The van der Waals surface area contributed by atoms with Crippen molar-refractivity contribution in [3.05, 3.63) is 36.4 Å². The number of aromatic nitrogens is 3. The van der Waals surface area contributed by atoms with Crippen LogP contribution in [-0.2, 0) is 16.1 Å². The Hall–Kier alpha value is -2.42. The summed E-state index contributed by atoms with van der Waals surface area (Å²) in [6.45, 7) is 2.79. The number of rotatable bonds is 8. The largest absolute Gasteiger partial charge is 0.370 e. The first-order valence-electron chi connectivity index (χ1n) is 7.36. The van der Waals surface area contributed by atoms with E-state index in [-0.39, 0.29) is 24.6 Å². The summed E-state index contributed by atoms with van der Waals surface area (Å²) in [6, 6.07) is 5.52. The highest BCUT2D eigenvalue weighted by atomic mass is 32.2. The molecule has 128 valence electrons. The molecule has 2 rings (SSSR count). The third-order valence-corrected chi connectivity index (χ3v) is 4.23. The molecule has 0 aliphatic rings. The van der Waals surface area contributed by atoms with Crippen LogP contribution in [0.15, 0.2) is 35.7 Å². The number of carbonyl (C=O) groups excluding carboxylic acids is 2. The summed E-state index contributed by atoms with van der Waals surface area (Å²) in [5.41, 5.74) is 5.68. The lowest BCUT2D eigenvalue weighted by Crippen LogP contribution is -2.35. The Bertz CT molecular complexity index is 704. The molecule has 0 aliphatic carbocycles. The fourth-order valence-electron chi connectivity index (χ4n) is 2.02. The van der Waals surface area contributed by atoms with Gasteiger partial charge in [-0.05, 0) is 31.2 Å². The molecule has 2 aromatic rings. The molecule has 0 radical (unpaired) electrons. The van der Waals surface area contributed by atoms with Gasteiger partial charge in [0.1, 0.15) is 12.1 Å². The quantitative estimate of drug-likeness (QED) is 0.726. The molecule has 0 atom stereocenters. The number of nitrogens with zero attached hydrogens (tertiary/aromatic N) is 4. The van der Waals surface area contributed by atoms with Crippen LogP contribution in [-0.4, -0.2) is 38.9 Å². The topological polar surface area (TPSA) is 94.1 Å². The van der Waals surface area contributed by atoms with Crippen LogP contribution < -0.4 is 10.6 Å². The number of hydrogen-bond acceptors (Lipinski definition) is 5. The minimum atomic E-state index is -0.506. The van der Waals surface area contributed by atoms with Gasteiger partial charge in [0.25, 0.3) is 0 Å². The zero-order chi connectivity index (χ0) is 17.5. The Kier molecular flexibility index (Phi) is 6.30. The SMILES string of the molecule is CCn1cnnc1SCC(=O)N(CCC(N)=O)c1ccc(F)cc1. The maximum absolute atomic E-state index is 13.1. The number of primary amides is 1. The zero-order valence-corrected chi connectivity index (χ0v) is 14.0. The van der Waals surface area contributed by atoms with Gasteiger partial charge in [-0.1, -0.05) is 11.8 Å². The van der Waals surface area contributed by atoms with Crippen molar-refractivity contribution < 1.29 is 14.0 Å². The van der Waals surface area contributed by atoms with Crippen molar-refractivity contribution in [1.82, 2.24) is 14.8 Å². The van der Waals surface area contributed by atoms with Gasteiger partial charge in [0.15, 0.2) is 5.16 Å². The van der Waals surface area contributed by atoms with E-state index >= 15 is 0 Å². The Morgan fingerprint density at radius 2 is 2.04 bits per heavy atom. The van der Waals surface area contributed by atoms with Crippen LogP contribution >= 0.6 is 11.8 Å². The third kappa shape index (κ3) is 4.79. The van der Waals surface area contributed by atoms with Crippen LogP contribution in [0.3, 0.4) is 0 Å². The smallest absolute Gasteiger partial charge is 0.237 e. The maximum atomic E-state index is 13.1. The molecule has 7 nitrogen and oxygen atoms in total. The summed E-state index contributed by atoms with van der Waals surface area (Å²) in [6.07, 6.45) is 1.62. The lowest BCUT2D eigenvalue weighted by Gasteiger charge is -2.22. The number of carbonyl (C=O) groups is 2. The second-order valence-corrected chi connectivity index (χ2v) is 5.87. The fraction of sp³-hybridized carbons (Fsp3) is 0.333. The third-order valence-electron chi connectivity index (χ3n) is 3.27. The Labute approximate surface area is 143 Å². The molecule has 1 heterocycles. The summed E-state index contributed by atoms with van der Waals surface area (Å²) in [5, 5.41) is 8.40. The second-order valence-electron chi connectivity index (χ2n) is 4.93. The molecule has 0 unspecified atom stereocenters. The highest BCUT2D eigenvalue weighted by Crippen LogP contribution is 2.20. The summed E-state index contributed by atoms with van der Waals surface area (Å²) in [7, 11) is 0. The van der Waals surface area contributed by atoms with E-state index in [9.17, 15) is 14.0 Å². The van der Waals surface area contributed by atoms with Crippen LogP contribution in [0.4, 0.5) is 10.1 Å². The Morgan fingerprint density at radius 1 is 1.33 bits per heavy atom. The zero-order valence-electron chi connectivity index (χ0n) is 13.2. The molecule has 24 heavy (non-hydrogen) atoms. The number of nitrogens with two attached hydrogens (primary N) is 1. The van der Waals surface area contributed by atoms with Gasteiger partial charge in [0, 0.05) is 25.2 Å². The van der Waals surface area contributed by atoms with Gasteiger partial charge < -0.3 is 15.2 Å². The molecule has 0 spiro atoms. The second kappa shape index (κ2) is 8.44. The monoisotopic (exact) mass is 351 g/mol. The lowest BCUT2D eigenvalue weighted by atomic mass is 10.2. The van der Waals surface area contributed by atoms with Crippen molar-refractivity contribution in [3.8, 4) is 0 Å². The van der Waals surface area contributed by atoms with Crippen molar-refractivity contribution in [2.75, 3.05) is 17.2 Å². The number of halogens is 1. The standard InChI is InChI=1S/C15H18FN5O2S/c1-2-20-10-18-19-15(20)24-9-14(23)21(8-7-13(17)22)12-5-3-11(16)4-6-12/h3-6,10H,2,7-9H2,1H3,(H2,17,22). The predicted molar refractivity (Wildman–Crippen MR) is 89.0 cm³/mol. The van der Waals surface area contributed by atoms with E-state index in [4.69, 9.17) is 5.73 Å². The van der Waals surface area contributed by atoms with E-state index in [1.54, 1.807) is 6.33 Å². The fourth-order valence-corrected chi connectivity index (χ4v) is 2.87. The molecule has 2 amide bonds. The molecule has 1 aromatic carbocycles. The van der Waals surface area contributed by atoms with Gasteiger partial charge in [0.05, 0.1) is 5.75 Å². The molecule has 0 aliphatic heterocycles. The molecule has 0 saturated heterocycles. The molecular formula is C15H18FN5O2S. The molecule has 1 aromatic heterocycles. The lowest BCUT2D eigenvalue weighted by molar-refractivity contribution is -0.118. The van der Waals surface area contributed by atoms with Crippen molar-refractivity contribution in [2.24, 2.45) is 5.73 Å². The predicted octanol–water partition coefficient (Wildman–Crippen LogP) is 1.44. The van der Waals surface area contributed by atoms with Crippen molar-refractivity contribution in [2.45, 2.75) is 25.0 Å². The van der Waals surface area contributed by atoms with Gasteiger partial charge in [-0.25, -0.2) is 4.39 Å². The number of aryl methyl sites for hydroxylation is 1. The van der Waals surface area contributed by atoms with Gasteiger partial charge in [-0.3, -0.25) is 9.59 Å². The molecular weight excluding hydrogens is 333 g/mol. The van der Waals surface area contributed by atoms with E-state index in [1.807, 2.05) is 11.5 Å². The average molecular weight is 351 g/mol. The maximum Gasteiger partial charge on any atom is 0.237 e. The average Bonchev–Trinajstić information content (AvgIpc) is 3.02. The first-order valence-corrected chi connectivity index (χ1v) is 8.34. The van der Waals surface area contributed by atoms with E-state index in [0.29, 0.717) is 17.4 Å². The molecule has 9 heteroatoms. The molecule has 0 bridgehead atoms. The Balaban J connectivity index is 2.08. The van der Waals surface area contributed by atoms with Crippen molar-refractivity contribution in [3.63, 3.8) is 0 Å². The minimum Gasteiger partial charge on any atom is -0.370 e. The van der Waals surface area contributed by atoms with Crippen LogP contribution in [0, 0.1) is 5.82 Å². The molecule has 0 fully saturated rings.